The number of rotatable bonds is 5. The molecule has 224 valence electrons. The van der Waals surface area contributed by atoms with E-state index in [0.29, 0.717) is 12.8 Å². The Morgan fingerprint density at radius 3 is 2.12 bits per heavy atom. The molecule has 2 fully saturated rings. The number of alkyl halides is 3. The highest BCUT2D eigenvalue weighted by molar-refractivity contribution is 7.85. The molecule has 0 spiro atoms. The molecule has 0 aromatic heterocycles. The second-order valence-corrected chi connectivity index (χ2v) is 15.6. The molecule has 5 heteroatoms. The highest BCUT2D eigenvalue weighted by atomic mass is 32.2. The van der Waals surface area contributed by atoms with E-state index in [9.17, 15) is 0 Å². The largest absolute Gasteiger partial charge is 0.278 e. The Bertz CT molecular complexity index is 1490. The van der Waals surface area contributed by atoms with Gasteiger partial charge in [-0.2, -0.15) is 0 Å². The summed E-state index contributed by atoms with van der Waals surface area (Å²) >= 11 is 0. The predicted octanol–water partition coefficient (Wildman–Crippen LogP) is 11.0. The Kier molecular flexibility index (Phi) is 7.11. The lowest BCUT2D eigenvalue weighted by atomic mass is 9.46. The van der Waals surface area contributed by atoms with Crippen LogP contribution in [0.25, 0.3) is 11.1 Å². The van der Waals surface area contributed by atoms with E-state index in [1.165, 1.54) is 34.8 Å². The molecule has 0 saturated heterocycles. The Balaban J connectivity index is 1.46. The van der Waals surface area contributed by atoms with Crippen LogP contribution in [0.3, 0.4) is 0 Å². The summed E-state index contributed by atoms with van der Waals surface area (Å²) in [7, 11) is -0.524. The first kappa shape index (κ1) is 29.7. The van der Waals surface area contributed by atoms with Crippen LogP contribution >= 0.6 is 0 Å². The molecule has 7 atom stereocenters. The molecule has 2 aromatic rings. The average molecular weight is 592 g/mol. The monoisotopic (exact) mass is 591 g/mol. The van der Waals surface area contributed by atoms with Gasteiger partial charge in [-0.15, -0.1) is 0 Å². The molecule has 2 saturated carbocycles. The third-order valence-electron chi connectivity index (χ3n) is 12.2. The highest BCUT2D eigenvalue weighted by Crippen LogP contribution is 2.73. The Morgan fingerprint density at radius 2 is 1.52 bits per heavy atom. The van der Waals surface area contributed by atoms with E-state index in [1.54, 1.807) is 0 Å². The van der Waals surface area contributed by atoms with Crippen LogP contribution in [0, 0.1) is 27.4 Å². The minimum absolute atomic E-state index is 0.0711. The molecule has 1 N–H and O–H groups in total. The topological polar surface area (TPSA) is 23.9 Å². The van der Waals surface area contributed by atoms with Gasteiger partial charge in [0.15, 0.2) is 5.67 Å². The van der Waals surface area contributed by atoms with Gasteiger partial charge in [0.1, 0.15) is 0 Å². The third-order valence-corrected chi connectivity index (χ3v) is 13.2. The second kappa shape index (κ2) is 10.1. The van der Waals surface area contributed by atoms with Crippen LogP contribution in [0.15, 0.2) is 88.4 Å². The maximum Gasteiger partial charge on any atom is 0.278 e. The number of nitrogens with one attached hydrogen (secondary N) is 1. The summed E-state index contributed by atoms with van der Waals surface area (Å²) in [6, 6.07) is 17.0. The summed E-state index contributed by atoms with van der Waals surface area (Å²) in [5.74, 6) is -2.87. The van der Waals surface area contributed by atoms with Gasteiger partial charge in [-0.25, -0.2) is 13.2 Å². The van der Waals surface area contributed by atoms with Crippen LogP contribution in [-0.4, -0.2) is 17.8 Å². The zero-order chi connectivity index (χ0) is 30.2. The molecule has 4 aliphatic rings. The van der Waals surface area contributed by atoms with Gasteiger partial charge in [-0.05, 0) is 115 Å². The Morgan fingerprint density at radius 1 is 0.905 bits per heavy atom. The fourth-order valence-corrected chi connectivity index (χ4v) is 9.85. The minimum atomic E-state index is -3.42. The van der Waals surface area contributed by atoms with Crippen molar-refractivity contribution in [1.82, 2.24) is 0 Å². The molecule has 0 aliphatic heterocycles. The maximum absolute atomic E-state index is 16.5. The van der Waals surface area contributed by atoms with Gasteiger partial charge in [0.25, 0.3) is 5.92 Å². The van der Waals surface area contributed by atoms with Gasteiger partial charge in [-0.1, -0.05) is 84.7 Å². The van der Waals surface area contributed by atoms with Crippen molar-refractivity contribution >= 4 is 10.7 Å². The molecular formula is C37H44F3NS. The molecule has 0 amide bonds. The molecule has 42 heavy (non-hydrogen) atoms. The van der Waals surface area contributed by atoms with Crippen molar-refractivity contribution in [1.29, 1.82) is 4.78 Å². The van der Waals surface area contributed by atoms with Crippen molar-refractivity contribution < 1.29 is 13.2 Å². The van der Waals surface area contributed by atoms with E-state index in [4.69, 9.17) is 4.78 Å². The summed E-state index contributed by atoms with van der Waals surface area (Å²) in [6.07, 6.45) is 10.1. The predicted molar refractivity (Wildman–Crippen MR) is 169 cm³/mol. The summed E-state index contributed by atoms with van der Waals surface area (Å²) < 4.78 is 54.5. The number of benzene rings is 2. The number of hydrogen-bond acceptors (Lipinski definition) is 1. The van der Waals surface area contributed by atoms with E-state index in [-0.39, 0.29) is 17.8 Å². The van der Waals surface area contributed by atoms with Crippen molar-refractivity contribution in [2.24, 2.45) is 22.7 Å². The van der Waals surface area contributed by atoms with Crippen molar-refractivity contribution in [2.75, 3.05) is 6.26 Å². The van der Waals surface area contributed by atoms with E-state index in [0.717, 1.165) is 55.1 Å². The summed E-state index contributed by atoms with van der Waals surface area (Å²) in [6.45, 7) is 10.2. The van der Waals surface area contributed by atoms with Crippen LogP contribution in [0.4, 0.5) is 13.2 Å². The number of fused-ring (bicyclic) bond motifs is 4. The van der Waals surface area contributed by atoms with Crippen LogP contribution in [0.5, 0.6) is 0 Å². The summed E-state index contributed by atoms with van der Waals surface area (Å²) in [4.78, 5) is 1.02. The molecule has 2 aromatic carbocycles. The number of halogens is 3. The zero-order valence-corrected chi connectivity index (χ0v) is 26.4. The average Bonchev–Trinajstić information content (AvgIpc) is 3.23. The lowest BCUT2D eigenvalue weighted by Crippen LogP contribution is -2.60. The molecule has 0 heterocycles. The molecular weight excluding hydrogens is 547 g/mol. The first-order valence-electron chi connectivity index (χ1n) is 15.4. The fraction of sp³-hybridized carbons (Fsp3) is 0.514. The third kappa shape index (κ3) is 4.35. The SMILES string of the molecule is C=C1C=C2CCC3C(=C2CC1)C(c1ccc(-c2ccc(S(C)=N)cc2)cc1)CC1(C)C3CC[C@@]1(C)C(C)(F)C(C)(F)F. The quantitative estimate of drug-likeness (QED) is 0.358. The number of allylic oxidation sites excluding steroid dienone is 5. The van der Waals surface area contributed by atoms with Gasteiger partial charge in [0.05, 0.1) is 0 Å². The Hall–Kier alpha value is -2.40. The lowest BCUT2D eigenvalue weighted by Gasteiger charge is -2.59. The molecule has 0 bridgehead atoms. The zero-order valence-electron chi connectivity index (χ0n) is 25.6. The minimum Gasteiger partial charge on any atom is -0.276 e. The highest BCUT2D eigenvalue weighted by Gasteiger charge is 2.71. The van der Waals surface area contributed by atoms with Gasteiger partial charge < -0.3 is 0 Å². The smallest absolute Gasteiger partial charge is 0.276 e. The van der Waals surface area contributed by atoms with Gasteiger partial charge in [0, 0.05) is 23.2 Å². The first-order chi connectivity index (χ1) is 19.7. The molecule has 6 unspecified atom stereocenters. The summed E-state index contributed by atoms with van der Waals surface area (Å²) in [5, 5.41) is 0. The van der Waals surface area contributed by atoms with E-state index < -0.39 is 33.1 Å². The molecule has 0 radical (unpaired) electrons. The van der Waals surface area contributed by atoms with Gasteiger partial charge in [0.2, 0.25) is 0 Å². The van der Waals surface area contributed by atoms with Crippen LogP contribution in [0.2, 0.25) is 0 Å². The molecule has 6 rings (SSSR count). The maximum atomic E-state index is 16.5. The van der Waals surface area contributed by atoms with Crippen molar-refractivity contribution in [2.45, 2.75) is 95.0 Å². The Labute approximate surface area is 252 Å². The van der Waals surface area contributed by atoms with Gasteiger partial charge in [-0.3, -0.25) is 4.78 Å². The summed E-state index contributed by atoms with van der Waals surface area (Å²) in [5.41, 5.74) is 4.69. The van der Waals surface area contributed by atoms with Crippen LogP contribution in [0.1, 0.15) is 84.1 Å². The van der Waals surface area contributed by atoms with Crippen LogP contribution < -0.4 is 0 Å². The van der Waals surface area contributed by atoms with Crippen molar-refractivity contribution in [3.8, 4) is 11.1 Å². The standard InChI is InChI=1S/C37H44F3NS/c1-23-7-17-29-27(21-23)14-18-30-32-19-20-35(3,36(4,38)37(5,39)40)34(32,2)22-31(33(29)30)26-10-8-24(9-11-26)25-12-15-28(16-13-25)42(6)41/h8-13,15-16,21,30-32,41H,1,7,14,17-20,22H2,2-6H3/t30?,31?,32?,34?,35-,36?,42?/m1/s1. The van der Waals surface area contributed by atoms with Crippen molar-refractivity contribution in [3.05, 3.63) is 89.0 Å². The van der Waals surface area contributed by atoms with E-state index in [2.05, 4.69) is 56.0 Å². The van der Waals surface area contributed by atoms with Gasteiger partial charge >= 0.3 is 0 Å². The second-order valence-electron chi connectivity index (χ2n) is 14.1. The fourth-order valence-electron chi connectivity index (χ4n) is 9.31. The normalized spacial score (nSPS) is 33.3. The molecule has 1 nitrogen and oxygen atoms in total. The van der Waals surface area contributed by atoms with E-state index >= 15 is 13.2 Å². The first-order valence-corrected chi connectivity index (χ1v) is 17.1. The van der Waals surface area contributed by atoms with Crippen LogP contribution in [-0.2, 0) is 10.7 Å². The van der Waals surface area contributed by atoms with Crippen molar-refractivity contribution in [3.63, 3.8) is 0 Å². The van der Waals surface area contributed by atoms with E-state index in [1.807, 2.05) is 25.3 Å². The lowest BCUT2D eigenvalue weighted by molar-refractivity contribution is -0.209. The molecule has 4 aliphatic carbocycles. The number of hydrogen-bond donors (Lipinski definition) is 1.